The SMILES string of the molecule is CCCNCc1cccc(OCCOCc2ccco2)c1. The molecule has 2 aromatic rings. The molecule has 1 N–H and O–H groups in total. The van der Waals surface area contributed by atoms with Gasteiger partial charge in [-0.2, -0.15) is 0 Å². The lowest BCUT2D eigenvalue weighted by Gasteiger charge is -2.09. The monoisotopic (exact) mass is 289 g/mol. The van der Waals surface area contributed by atoms with Crippen molar-refractivity contribution in [3.63, 3.8) is 0 Å². The molecular formula is C17H23NO3. The fourth-order valence-corrected chi connectivity index (χ4v) is 1.94. The van der Waals surface area contributed by atoms with Crippen LogP contribution in [0.15, 0.2) is 47.1 Å². The zero-order chi connectivity index (χ0) is 14.8. The number of hydrogen-bond acceptors (Lipinski definition) is 4. The van der Waals surface area contributed by atoms with Crippen molar-refractivity contribution < 1.29 is 13.9 Å². The molecule has 0 aliphatic rings. The van der Waals surface area contributed by atoms with Gasteiger partial charge in [0, 0.05) is 6.54 Å². The summed E-state index contributed by atoms with van der Waals surface area (Å²) in [7, 11) is 0. The van der Waals surface area contributed by atoms with Gasteiger partial charge in [-0.05, 0) is 42.8 Å². The highest BCUT2D eigenvalue weighted by molar-refractivity contribution is 5.28. The molecule has 0 atom stereocenters. The van der Waals surface area contributed by atoms with Gasteiger partial charge in [0.1, 0.15) is 24.7 Å². The van der Waals surface area contributed by atoms with Crippen molar-refractivity contribution >= 4 is 0 Å². The molecule has 0 fully saturated rings. The van der Waals surface area contributed by atoms with Gasteiger partial charge < -0.3 is 19.2 Å². The lowest BCUT2D eigenvalue weighted by Crippen LogP contribution is -2.13. The van der Waals surface area contributed by atoms with Gasteiger partial charge in [0.05, 0.1) is 12.9 Å². The second kappa shape index (κ2) is 9.21. The van der Waals surface area contributed by atoms with Crippen molar-refractivity contribution in [3.05, 3.63) is 54.0 Å². The molecule has 0 aliphatic carbocycles. The number of rotatable bonds is 10. The van der Waals surface area contributed by atoms with Crippen LogP contribution in [0.5, 0.6) is 5.75 Å². The second-order valence-electron chi connectivity index (χ2n) is 4.80. The largest absolute Gasteiger partial charge is 0.491 e. The molecule has 4 heteroatoms. The third-order valence-corrected chi connectivity index (χ3v) is 2.98. The summed E-state index contributed by atoms with van der Waals surface area (Å²) < 4.78 is 16.4. The van der Waals surface area contributed by atoms with E-state index < -0.39 is 0 Å². The summed E-state index contributed by atoms with van der Waals surface area (Å²) in [5, 5.41) is 3.38. The predicted octanol–water partition coefficient (Wildman–Crippen LogP) is 3.37. The minimum absolute atomic E-state index is 0.483. The van der Waals surface area contributed by atoms with Gasteiger partial charge in [-0.3, -0.25) is 0 Å². The maximum atomic E-state index is 5.69. The molecule has 0 radical (unpaired) electrons. The molecular weight excluding hydrogens is 266 g/mol. The summed E-state index contributed by atoms with van der Waals surface area (Å²) in [4.78, 5) is 0. The lowest BCUT2D eigenvalue weighted by molar-refractivity contribution is 0.0781. The summed E-state index contributed by atoms with van der Waals surface area (Å²) in [5.41, 5.74) is 1.23. The average molecular weight is 289 g/mol. The topological polar surface area (TPSA) is 43.6 Å². The normalized spacial score (nSPS) is 10.7. The zero-order valence-electron chi connectivity index (χ0n) is 12.5. The van der Waals surface area contributed by atoms with Gasteiger partial charge >= 0.3 is 0 Å². The van der Waals surface area contributed by atoms with E-state index in [4.69, 9.17) is 13.9 Å². The van der Waals surface area contributed by atoms with Crippen LogP contribution in [0.1, 0.15) is 24.7 Å². The van der Waals surface area contributed by atoms with Crippen LogP contribution in [0.25, 0.3) is 0 Å². The van der Waals surface area contributed by atoms with Crippen molar-refractivity contribution in [3.8, 4) is 5.75 Å². The first-order chi connectivity index (χ1) is 10.4. The van der Waals surface area contributed by atoms with E-state index in [9.17, 15) is 0 Å². The minimum atomic E-state index is 0.483. The van der Waals surface area contributed by atoms with Gasteiger partial charge in [0.2, 0.25) is 0 Å². The number of hydrogen-bond donors (Lipinski definition) is 1. The molecule has 0 unspecified atom stereocenters. The molecule has 0 aliphatic heterocycles. The Morgan fingerprint density at radius 3 is 2.90 bits per heavy atom. The Morgan fingerprint density at radius 2 is 2.10 bits per heavy atom. The Balaban J connectivity index is 1.64. The van der Waals surface area contributed by atoms with E-state index in [1.54, 1.807) is 6.26 Å². The van der Waals surface area contributed by atoms with Crippen molar-refractivity contribution in [2.45, 2.75) is 26.5 Å². The Bertz CT molecular complexity index is 496. The number of benzene rings is 1. The van der Waals surface area contributed by atoms with Gasteiger partial charge in [0.15, 0.2) is 0 Å². The van der Waals surface area contributed by atoms with E-state index in [0.717, 1.165) is 31.0 Å². The third kappa shape index (κ3) is 6.02. The minimum Gasteiger partial charge on any atom is -0.491 e. The van der Waals surface area contributed by atoms with Crippen molar-refractivity contribution in [2.75, 3.05) is 19.8 Å². The highest BCUT2D eigenvalue weighted by Crippen LogP contribution is 2.13. The highest BCUT2D eigenvalue weighted by atomic mass is 16.5. The quantitative estimate of drug-likeness (QED) is 0.681. The van der Waals surface area contributed by atoms with E-state index >= 15 is 0 Å². The summed E-state index contributed by atoms with van der Waals surface area (Å²) >= 11 is 0. The van der Waals surface area contributed by atoms with Gasteiger partial charge in [-0.25, -0.2) is 0 Å². The number of nitrogens with one attached hydrogen (secondary N) is 1. The standard InChI is InChI=1S/C17H23NO3/c1-2-8-18-13-15-5-3-6-16(12-15)21-11-10-19-14-17-7-4-9-20-17/h3-7,9,12,18H,2,8,10-11,13-14H2,1H3. The molecule has 1 aromatic heterocycles. The number of ether oxygens (including phenoxy) is 2. The van der Waals surface area contributed by atoms with Crippen LogP contribution < -0.4 is 10.1 Å². The Kier molecular flexibility index (Phi) is 6.84. The van der Waals surface area contributed by atoms with Crippen molar-refractivity contribution in [1.82, 2.24) is 5.32 Å². The molecule has 21 heavy (non-hydrogen) atoms. The summed E-state index contributed by atoms with van der Waals surface area (Å²) in [5.74, 6) is 1.71. The first-order valence-electron chi connectivity index (χ1n) is 7.41. The second-order valence-corrected chi connectivity index (χ2v) is 4.80. The fourth-order valence-electron chi connectivity index (χ4n) is 1.94. The average Bonchev–Trinajstić information content (AvgIpc) is 3.01. The van der Waals surface area contributed by atoms with E-state index in [-0.39, 0.29) is 0 Å². The maximum Gasteiger partial charge on any atom is 0.129 e. The van der Waals surface area contributed by atoms with Gasteiger partial charge in [0.25, 0.3) is 0 Å². The molecule has 0 saturated heterocycles. The molecule has 1 aromatic carbocycles. The van der Waals surface area contributed by atoms with Crippen LogP contribution in [0.4, 0.5) is 0 Å². The van der Waals surface area contributed by atoms with E-state index in [1.165, 1.54) is 5.56 Å². The third-order valence-electron chi connectivity index (χ3n) is 2.98. The summed E-state index contributed by atoms with van der Waals surface area (Å²) in [6, 6.07) is 11.9. The van der Waals surface area contributed by atoms with E-state index in [2.05, 4.69) is 24.4 Å². The molecule has 114 valence electrons. The summed E-state index contributed by atoms with van der Waals surface area (Å²) in [6.45, 7) is 5.63. The molecule has 0 bridgehead atoms. The van der Waals surface area contributed by atoms with Crippen molar-refractivity contribution in [2.24, 2.45) is 0 Å². The van der Waals surface area contributed by atoms with Crippen LogP contribution in [-0.2, 0) is 17.9 Å². The number of furan rings is 1. The Labute approximate surface area is 126 Å². The zero-order valence-corrected chi connectivity index (χ0v) is 12.5. The Morgan fingerprint density at radius 1 is 1.14 bits per heavy atom. The molecule has 2 rings (SSSR count). The Hall–Kier alpha value is -1.78. The molecule has 0 amide bonds. The van der Waals surface area contributed by atoms with Crippen molar-refractivity contribution in [1.29, 1.82) is 0 Å². The fraction of sp³-hybridized carbons (Fsp3) is 0.412. The molecule has 1 heterocycles. The van der Waals surface area contributed by atoms with Crippen LogP contribution in [0, 0.1) is 0 Å². The van der Waals surface area contributed by atoms with Crippen LogP contribution in [0.3, 0.4) is 0 Å². The first-order valence-corrected chi connectivity index (χ1v) is 7.41. The van der Waals surface area contributed by atoms with Crippen LogP contribution in [-0.4, -0.2) is 19.8 Å². The summed E-state index contributed by atoms with van der Waals surface area (Å²) in [6.07, 6.45) is 2.79. The van der Waals surface area contributed by atoms with Crippen LogP contribution >= 0.6 is 0 Å². The first kappa shape index (κ1) is 15.6. The molecule has 0 spiro atoms. The van der Waals surface area contributed by atoms with Gasteiger partial charge in [-0.15, -0.1) is 0 Å². The lowest BCUT2D eigenvalue weighted by atomic mass is 10.2. The van der Waals surface area contributed by atoms with Crippen LogP contribution in [0.2, 0.25) is 0 Å². The molecule has 0 saturated carbocycles. The van der Waals surface area contributed by atoms with E-state index in [1.807, 2.05) is 24.3 Å². The maximum absolute atomic E-state index is 5.69. The highest BCUT2D eigenvalue weighted by Gasteiger charge is 1.98. The molecule has 4 nitrogen and oxygen atoms in total. The van der Waals surface area contributed by atoms with E-state index in [0.29, 0.717) is 19.8 Å². The predicted molar refractivity (Wildman–Crippen MR) is 82.3 cm³/mol. The smallest absolute Gasteiger partial charge is 0.129 e. The van der Waals surface area contributed by atoms with Gasteiger partial charge in [-0.1, -0.05) is 19.1 Å².